The first-order valence-electron chi connectivity index (χ1n) is 4.56. The summed E-state index contributed by atoms with van der Waals surface area (Å²) in [5, 5.41) is 8.89. The van der Waals surface area contributed by atoms with Crippen LogP contribution in [0.15, 0.2) is 0 Å². The molecule has 0 aromatic heterocycles. The Morgan fingerprint density at radius 2 is 2.08 bits per heavy atom. The van der Waals surface area contributed by atoms with Crippen LogP contribution in [0, 0.1) is 11.8 Å². The van der Waals surface area contributed by atoms with Crippen molar-refractivity contribution in [1.29, 1.82) is 0 Å². The van der Waals surface area contributed by atoms with Gasteiger partial charge in [-0.1, -0.05) is 13.8 Å². The van der Waals surface area contributed by atoms with Crippen molar-refractivity contribution in [2.45, 2.75) is 20.3 Å². The van der Waals surface area contributed by atoms with E-state index in [-0.39, 0.29) is 11.8 Å². The van der Waals surface area contributed by atoms with Crippen LogP contribution in [0.5, 0.6) is 0 Å². The highest BCUT2D eigenvalue weighted by Gasteiger charge is 2.26. The van der Waals surface area contributed by atoms with Gasteiger partial charge in [0.1, 0.15) is 0 Å². The molecule has 0 radical (unpaired) electrons. The van der Waals surface area contributed by atoms with Crippen LogP contribution in [0.4, 0.5) is 0 Å². The summed E-state index contributed by atoms with van der Waals surface area (Å²) in [6.45, 7) is 6.83. The third-order valence-electron chi connectivity index (χ3n) is 2.53. The number of hydrogen-bond donors (Lipinski definition) is 1. The molecule has 1 aliphatic rings. The molecular formula is C9H17NO2. The average molecular weight is 171 g/mol. The molecule has 1 atom stereocenters. The Kier molecular flexibility index (Phi) is 3.09. The fourth-order valence-corrected chi connectivity index (χ4v) is 1.42. The van der Waals surface area contributed by atoms with Crippen LogP contribution in [0.25, 0.3) is 0 Å². The van der Waals surface area contributed by atoms with Crippen LogP contribution in [0.1, 0.15) is 20.3 Å². The number of hydrogen-bond acceptors (Lipinski definition) is 2. The zero-order valence-corrected chi connectivity index (χ0v) is 7.79. The minimum absolute atomic E-state index is 0.190. The Morgan fingerprint density at radius 3 is 2.33 bits per heavy atom. The van der Waals surface area contributed by atoms with Gasteiger partial charge in [-0.25, -0.2) is 0 Å². The molecule has 0 aromatic rings. The van der Waals surface area contributed by atoms with E-state index >= 15 is 0 Å². The van der Waals surface area contributed by atoms with Crippen molar-refractivity contribution in [2.24, 2.45) is 11.8 Å². The average Bonchev–Trinajstić information content (AvgIpc) is 1.82. The highest BCUT2D eigenvalue weighted by atomic mass is 16.4. The van der Waals surface area contributed by atoms with Gasteiger partial charge in [-0.05, 0) is 25.4 Å². The predicted molar refractivity (Wildman–Crippen MR) is 47.0 cm³/mol. The second kappa shape index (κ2) is 3.90. The van der Waals surface area contributed by atoms with Crippen molar-refractivity contribution >= 4 is 5.97 Å². The van der Waals surface area contributed by atoms with Gasteiger partial charge in [0.2, 0.25) is 0 Å². The Balaban J connectivity index is 2.36. The highest BCUT2D eigenvalue weighted by molar-refractivity contribution is 5.70. The lowest BCUT2D eigenvalue weighted by atomic mass is 9.94. The van der Waals surface area contributed by atoms with Gasteiger partial charge in [-0.15, -0.1) is 0 Å². The van der Waals surface area contributed by atoms with Gasteiger partial charge in [-0.2, -0.15) is 0 Å². The highest BCUT2D eigenvalue weighted by Crippen LogP contribution is 2.16. The van der Waals surface area contributed by atoms with E-state index in [0.29, 0.717) is 0 Å². The molecule has 1 saturated heterocycles. The normalized spacial score (nSPS) is 20.6. The Morgan fingerprint density at radius 1 is 1.50 bits per heavy atom. The van der Waals surface area contributed by atoms with E-state index in [4.69, 9.17) is 5.11 Å². The maximum Gasteiger partial charge on any atom is 0.308 e. The molecule has 0 saturated carbocycles. The van der Waals surface area contributed by atoms with Crippen LogP contribution in [-0.4, -0.2) is 35.6 Å². The van der Waals surface area contributed by atoms with Crippen LogP contribution in [-0.2, 0) is 4.79 Å². The minimum atomic E-state index is -0.656. The monoisotopic (exact) mass is 171 g/mol. The van der Waals surface area contributed by atoms with E-state index in [1.165, 1.54) is 6.42 Å². The zero-order valence-electron chi connectivity index (χ0n) is 7.79. The molecule has 3 nitrogen and oxygen atoms in total. The quantitative estimate of drug-likeness (QED) is 0.687. The van der Waals surface area contributed by atoms with Gasteiger partial charge >= 0.3 is 5.97 Å². The summed E-state index contributed by atoms with van der Waals surface area (Å²) in [4.78, 5) is 13.0. The molecule has 0 aliphatic carbocycles. The lowest BCUT2D eigenvalue weighted by Gasteiger charge is -2.33. The van der Waals surface area contributed by atoms with E-state index in [1.807, 2.05) is 13.8 Å². The summed E-state index contributed by atoms with van der Waals surface area (Å²) in [6.07, 6.45) is 1.23. The molecule has 1 fully saturated rings. The van der Waals surface area contributed by atoms with E-state index in [1.54, 1.807) is 0 Å². The molecule has 1 rings (SSSR count). The smallest absolute Gasteiger partial charge is 0.308 e. The van der Waals surface area contributed by atoms with Gasteiger partial charge in [0.25, 0.3) is 0 Å². The molecule has 12 heavy (non-hydrogen) atoms. The number of rotatable bonds is 4. The molecular weight excluding hydrogens is 154 g/mol. The maximum atomic E-state index is 10.8. The molecule has 1 heterocycles. The van der Waals surface area contributed by atoms with E-state index in [0.717, 1.165) is 19.6 Å². The fourth-order valence-electron chi connectivity index (χ4n) is 1.42. The van der Waals surface area contributed by atoms with Gasteiger partial charge in [0.05, 0.1) is 5.92 Å². The lowest BCUT2D eigenvalue weighted by molar-refractivity contribution is -0.144. The standard InChI is InChI=1S/C9H17NO2/c1-7(2)8(9(11)12)6-10-4-3-5-10/h7-8H,3-6H2,1-2H3,(H,11,12)/t8-/m1/s1. The number of likely N-dealkylation sites (tertiary alicyclic amines) is 1. The maximum absolute atomic E-state index is 10.8. The molecule has 1 N–H and O–H groups in total. The van der Waals surface area contributed by atoms with Crippen LogP contribution < -0.4 is 0 Å². The van der Waals surface area contributed by atoms with Crippen LogP contribution in [0.2, 0.25) is 0 Å². The summed E-state index contributed by atoms with van der Waals surface area (Å²) < 4.78 is 0. The van der Waals surface area contributed by atoms with Crippen molar-refractivity contribution in [3.63, 3.8) is 0 Å². The van der Waals surface area contributed by atoms with E-state index < -0.39 is 5.97 Å². The topological polar surface area (TPSA) is 40.5 Å². The van der Waals surface area contributed by atoms with Crippen LogP contribution >= 0.6 is 0 Å². The molecule has 70 valence electrons. The van der Waals surface area contributed by atoms with Gasteiger partial charge in [0.15, 0.2) is 0 Å². The minimum Gasteiger partial charge on any atom is -0.481 e. The van der Waals surface area contributed by atoms with Gasteiger partial charge in [0, 0.05) is 6.54 Å². The molecule has 0 amide bonds. The third-order valence-corrected chi connectivity index (χ3v) is 2.53. The van der Waals surface area contributed by atoms with E-state index in [2.05, 4.69) is 4.90 Å². The Hall–Kier alpha value is -0.570. The first-order chi connectivity index (χ1) is 5.61. The fraction of sp³-hybridized carbons (Fsp3) is 0.889. The Labute approximate surface area is 73.4 Å². The molecule has 3 heteroatoms. The number of carboxylic acids is 1. The second-order valence-electron chi connectivity index (χ2n) is 3.84. The summed E-state index contributed by atoms with van der Waals surface area (Å²) in [5.41, 5.74) is 0. The second-order valence-corrected chi connectivity index (χ2v) is 3.84. The van der Waals surface area contributed by atoms with Crippen molar-refractivity contribution in [3.8, 4) is 0 Å². The molecule has 0 aromatic carbocycles. The summed E-state index contributed by atoms with van der Waals surface area (Å²) in [6, 6.07) is 0. The Bertz CT molecular complexity index is 164. The summed E-state index contributed by atoms with van der Waals surface area (Å²) >= 11 is 0. The summed E-state index contributed by atoms with van der Waals surface area (Å²) in [7, 11) is 0. The lowest BCUT2D eigenvalue weighted by Crippen LogP contribution is -2.43. The number of carboxylic acid groups (broad SMARTS) is 1. The van der Waals surface area contributed by atoms with Crippen molar-refractivity contribution in [1.82, 2.24) is 4.90 Å². The number of nitrogens with zero attached hydrogens (tertiary/aromatic N) is 1. The van der Waals surface area contributed by atoms with Gasteiger partial charge in [-0.3, -0.25) is 4.79 Å². The van der Waals surface area contributed by atoms with Crippen LogP contribution in [0.3, 0.4) is 0 Å². The van der Waals surface area contributed by atoms with Gasteiger partial charge < -0.3 is 10.0 Å². The third kappa shape index (κ3) is 2.21. The number of aliphatic carboxylic acids is 1. The van der Waals surface area contributed by atoms with E-state index in [9.17, 15) is 4.79 Å². The number of carbonyl (C=O) groups is 1. The first kappa shape index (κ1) is 9.52. The molecule has 1 aliphatic heterocycles. The predicted octanol–water partition coefficient (Wildman–Crippen LogP) is 1.05. The van der Waals surface area contributed by atoms with Crippen molar-refractivity contribution in [2.75, 3.05) is 19.6 Å². The molecule has 0 spiro atoms. The van der Waals surface area contributed by atoms with Crippen molar-refractivity contribution < 1.29 is 9.90 Å². The summed E-state index contributed by atoms with van der Waals surface area (Å²) in [5.74, 6) is -0.606. The molecule has 0 bridgehead atoms. The largest absolute Gasteiger partial charge is 0.481 e. The first-order valence-corrected chi connectivity index (χ1v) is 4.56. The SMILES string of the molecule is CC(C)[C@@H](CN1CCC1)C(=O)O. The molecule has 0 unspecified atom stereocenters. The van der Waals surface area contributed by atoms with Crippen molar-refractivity contribution in [3.05, 3.63) is 0 Å². The zero-order chi connectivity index (χ0) is 9.14.